The minimum absolute atomic E-state index is 0.201. The Bertz CT molecular complexity index is 708. The minimum atomic E-state index is -0.212. The van der Waals surface area contributed by atoms with E-state index in [9.17, 15) is 4.79 Å². The number of hydrogen-bond donors (Lipinski definition) is 0. The molecule has 0 bridgehead atoms. The fraction of sp³-hybridized carbons (Fsp3) is 0.231. The third-order valence-corrected chi connectivity index (χ3v) is 3.29. The molecule has 0 unspecified atom stereocenters. The van der Waals surface area contributed by atoms with E-state index in [1.165, 1.54) is 0 Å². The molecule has 1 aromatic heterocycles. The molecule has 0 aliphatic heterocycles. The quantitative estimate of drug-likeness (QED) is 0.774. The van der Waals surface area contributed by atoms with Crippen LogP contribution in [0.2, 0.25) is 5.02 Å². The SMILES string of the molecule is N#Cc1cn(C2CC2)c2cc(Cl)ccc2c1=O. The van der Waals surface area contributed by atoms with Crippen molar-refractivity contribution in [1.29, 1.82) is 5.26 Å². The third-order valence-electron chi connectivity index (χ3n) is 3.06. The first-order valence-electron chi connectivity index (χ1n) is 5.45. The van der Waals surface area contributed by atoms with Gasteiger partial charge in [-0.1, -0.05) is 11.6 Å². The first kappa shape index (κ1) is 10.4. The molecule has 84 valence electrons. The van der Waals surface area contributed by atoms with E-state index in [0.717, 1.165) is 18.4 Å². The number of halogens is 1. The van der Waals surface area contributed by atoms with Gasteiger partial charge in [-0.15, -0.1) is 0 Å². The largest absolute Gasteiger partial charge is 0.343 e. The molecule has 3 rings (SSSR count). The van der Waals surface area contributed by atoms with Crippen LogP contribution in [0.15, 0.2) is 29.2 Å². The summed E-state index contributed by atoms with van der Waals surface area (Å²) in [5.41, 5.74) is 0.812. The predicted molar refractivity (Wildman–Crippen MR) is 66.2 cm³/mol. The van der Waals surface area contributed by atoms with E-state index in [2.05, 4.69) is 0 Å². The maximum Gasteiger partial charge on any atom is 0.207 e. The van der Waals surface area contributed by atoms with Gasteiger partial charge >= 0.3 is 0 Å². The van der Waals surface area contributed by atoms with Gasteiger partial charge in [-0.3, -0.25) is 4.79 Å². The molecule has 1 fully saturated rings. The van der Waals surface area contributed by atoms with Crippen LogP contribution in [-0.4, -0.2) is 4.57 Å². The van der Waals surface area contributed by atoms with Crippen LogP contribution in [0.1, 0.15) is 24.4 Å². The van der Waals surface area contributed by atoms with Gasteiger partial charge in [0.2, 0.25) is 5.43 Å². The second kappa shape index (κ2) is 3.61. The number of rotatable bonds is 1. The Labute approximate surface area is 103 Å². The lowest BCUT2D eigenvalue weighted by molar-refractivity contribution is 0.765. The van der Waals surface area contributed by atoms with E-state index in [1.54, 1.807) is 24.4 Å². The van der Waals surface area contributed by atoms with E-state index in [1.807, 2.05) is 10.6 Å². The van der Waals surface area contributed by atoms with Gasteiger partial charge in [0.25, 0.3) is 0 Å². The Balaban J connectivity index is 2.45. The summed E-state index contributed by atoms with van der Waals surface area (Å²) in [7, 11) is 0. The number of fused-ring (bicyclic) bond motifs is 1. The standard InChI is InChI=1S/C13H9ClN2O/c14-9-1-4-11-12(5-9)16(10-2-3-10)7-8(6-15)13(11)17/h1,4-5,7,10H,2-3H2. The number of pyridine rings is 1. The zero-order valence-corrected chi connectivity index (χ0v) is 9.74. The van der Waals surface area contributed by atoms with Gasteiger partial charge in [-0.25, -0.2) is 0 Å². The summed E-state index contributed by atoms with van der Waals surface area (Å²) in [5, 5.41) is 10.1. The first-order chi connectivity index (χ1) is 8.20. The van der Waals surface area contributed by atoms with Gasteiger partial charge in [0.1, 0.15) is 11.6 Å². The van der Waals surface area contributed by atoms with Crippen molar-refractivity contribution >= 4 is 22.5 Å². The highest BCUT2D eigenvalue weighted by Gasteiger charge is 2.25. The molecule has 1 aromatic carbocycles. The van der Waals surface area contributed by atoms with Crippen LogP contribution >= 0.6 is 11.6 Å². The zero-order chi connectivity index (χ0) is 12.0. The van der Waals surface area contributed by atoms with Gasteiger partial charge in [-0.05, 0) is 31.0 Å². The molecule has 0 saturated heterocycles. The molecule has 3 nitrogen and oxygen atoms in total. The van der Waals surface area contributed by atoms with E-state index < -0.39 is 0 Å². The molecule has 1 heterocycles. The number of hydrogen-bond acceptors (Lipinski definition) is 2. The van der Waals surface area contributed by atoms with Crippen LogP contribution in [0.25, 0.3) is 10.9 Å². The molecule has 2 aromatic rings. The van der Waals surface area contributed by atoms with Crippen LogP contribution in [-0.2, 0) is 0 Å². The van der Waals surface area contributed by atoms with Gasteiger partial charge in [0, 0.05) is 22.6 Å². The number of aromatic nitrogens is 1. The predicted octanol–water partition coefficient (Wildman–Crippen LogP) is 2.86. The van der Waals surface area contributed by atoms with Crippen molar-refractivity contribution in [2.75, 3.05) is 0 Å². The first-order valence-corrected chi connectivity index (χ1v) is 5.83. The summed E-state index contributed by atoms with van der Waals surface area (Å²) in [6, 6.07) is 7.53. The molecule has 1 aliphatic carbocycles. The van der Waals surface area contributed by atoms with Crippen molar-refractivity contribution in [2.24, 2.45) is 0 Å². The lowest BCUT2D eigenvalue weighted by Gasteiger charge is -2.10. The van der Waals surface area contributed by atoms with E-state index in [4.69, 9.17) is 16.9 Å². The average molecular weight is 245 g/mol. The summed E-state index contributed by atoms with van der Waals surface area (Å²) in [4.78, 5) is 12.0. The van der Waals surface area contributed by atoms with Crippen molar-refractivity contribution in [3.8, 4) is 6.07 Å². The smallest absolute Gasteiger partial charge is 0.207 e. The van der Waals surface area contributed by atoms with Crippen LogP contribution < -0.4 is 5.43 Å². The molecule has 4 heteroatoms. The van der Waals surface area contributed by atoms with Crippen LogP contribution in [0.3, 0.4) is 0 Å². The van der Waals surface area contributed by atoms with Crippen molar-refractivity contribution in [3.63, 3.8) is 0 Å². The summed E-state index contributed by atoms with van der Waals surface area (Å²) >= 11 is 5.96. The van der Waals surface area contributed by atoms with Crippen molar-refractivity contribution in [3.05, 3.63) is 45.2 Å². The summed E-state index contributed by atoms with van der Waals surface area (Å²) in [5.74, 6) is 0. The molecule has 0 radical (unpaired) electrons. The molecule has 1 saturated carbocycles. The lowest BCUT2D eigenvalue weighted by atomic mass is 10.1. The fourth-order valence-corrected chi connectivity index (χ4v) is 2.22. The highest BCUT2D eigenvalue weighted by atomic mass is 35.5. The Morgan fingerprint density at radius 1 is 1.41 bits per heavy atom. The summed E-state index contributed by atoms with van der Waals surface area (Å²) in [6.07, 6.45) is 3.84. The molecular formula is C13H9ClN2O. The topological polar surface area (TPSA) is 45.8 Å². The zero-order valence-electron chi connectivity index (χ0n) is 8.98. The van der Waals surface area contributed by atoms with Gasteiger partial charge in [0.15, 0.2) is 0 Å². The number of nitrogens with zero attached hydrogens (tertiary/aromatic N) is 2. The minimum Gasteiger partial charge on any atom is -0.343 e. The fourth-order valence-electron chi connectivity index (χ4n) is 2.06. The van der Waals surface area contributed by atoms with Gasteiger partial charge in [0.05, 0.1) is 5.52 Å². The molecule has 0 N–H and O–H groups in total. The Morgan fingerprint density at radius 2 is 2.18 bits per heavy atom. The maximum atomic E-state index is 12.0. The lowest BCUT2D eigenvalue weighted by Crippen LogP contribution is -2.12. The highest BCUT2D eigenvalue weighted by molar-refractivity contribution is 6.31. The van der Waals surface area contributed by atoms with Crippen LogP contribution in [0, 0.1) is 11.3 Å². The van der Waals surface area contributed by atoms with Crippen molar-refractivity contribution < 1.29 is 0 Å². The second-order valence-corrected chi connectivity index (χ2v) is 4.72. The Kier molecular flexibility index (Phi) is 2.20. The molecule has 0 amide bonds. The molecule has 17 heavy (non-hydrogen) atoms. The van der Waals surface area contributed by atoms with Crippen molar-refractivity contribution in [1.82, 2.24) is 4.57 Å². The summed E-state index contributed by atoms with van der Waals surface area (Å²) in [6.45, 7) is 0. The average Bonchev–Trinajstić information content (AvgIpc) is 3.13. The molecule has 1 aliphatic rings. The van der Waals surface area contributed by atoms with Crippen LogP contribution in [0.5, 0.6) is 0 Å². The maximum absolute atomic E-state index is 12.0. The van der Waals surface area contributed by atoms with Crippen molar-refractivity contribution in [2.45, 2.75) is 18.9 Å². The Morgan fingerprint density at radius 3 is 2.82 bits per heavy atom. The molecular weight excluding hydrogens is 236 g/mol. The van der Waals surface area contributed by atoms with E-state index in [0.29, 0.717) is 16.5 Å². The molecule has 0 spiro atoms. The Hall–Kier alpha value is -1.79. The highest BCUT2D eigenvalue weighted by Crippen LogP contribution is 2.37. The summed E-state index contributed by atoms with van der Waals surface area (Å²) < 4.78 is 2.00. The number of benzene rings is 1. The van der Waals surface area contributed by atoms with Gasteiger partial charge < -0.3 is 4.57 Å². The monoisotopic (exact) mass is 244 g/mol. The van der Waals surface area contributed by atoms with Crippen LogP contribution in [0.4, 0.5) is 0 Å². The number of nitriles is 1. The normalized spacial score (nSPS) is 14.8. The van der Waals surface area contributed by atoms with Gasteiger partial charge in [-0.2, -0.15) is 5.26 Å². The second-order valence-electron chi connectivity index (χ2n) is 4.28. The molecule has 0 atom stereocenters. The van der Waals surface area contributed by atoms with E-state index >= 15 is 0 Å². The third kappa shape index (κ3) is 1.62. The van der Waals surface area contributed by atoms with E-state index in [-0.39, 0.29) is 11.0 Å².